The van der Waals surface area contributed by atoms with E-state index in [1.165, 1.54) is 5.56 Å². The summed E-state index contributed by atoms with van der Waals surface area (Å²) >= 11 is 0. The maximum absolute atomic E-state index is 5.12. The van der Waals surface area contributed by atoms with Gasteiger partial charge in [0.15, 0.2) is 5.96 Å². The van der Waals surface area contributed by atoms with Crippen LogP contribution in [-0.2, 0) is 13.0 Å². The van der Waals surface area contributed by atoms with E-state index in [-0.39, 0.29) is 24.0 Å². The minimum atomic E-state index is 0. The van der Waals surface area contributed by atoms with Gasteiger partial charge in [-0.15, -0.1) is 24.0 Å². The number of benzene rings is 1. The summed E-state index contributed by atoms with van der Waals surface area (Å²) in [7, 11) is 3.40. The van der Waals surface area contributed by atoms with E-state index in [0.29, 0.717) is 12.4 Å². The lowest BCUT2D eigenvalue weighted by Gasteiger charge is -2.12. The Bertz CT molecular complexity index is 619. The number of halogens is 1. The highest BCUT2D eigenvalue weighted by Crippen LogP contribution is 2.07. The second kappa shape index (κ2) is 11.7. The number of methoxy groups -OCH3 is 1. The van der Waals surface area contributed by atoms with Crippen LogP contribution in [0.15, 0.2) is 53.7 Å². The maximum Gasteiger partial charge on any atom is 0.213 e. The average molecular weight is 440 g/mol. The zero-order valence-electron chi connectivity index (χ0n) is 14.2. The van der Waals surface area contributed by atoms with Crippen molar-refractivity contribution >= 4 is 29.9 Å². The van der Waals surface area contributed by atoms with Crippen molar-refractivity contribution in [3.8, 4) is 5.88 Å². The van der Waals surface area contributed by atoms with Gasteiger partial charge in [-0.2, -0.15) is 0 Å². The normalized spacial score (nSPS) is 10.7. The van der Waals surface area contributed by atoms with E-state index >= 15 is 0 Å². The molecule has 0 atom stereocenters. The monoisotopic (exact) mass is 440 g/mol. The van der Waals surface area contributed by atoms with Gasteiger partial charge >= 0.3 is 0 Å². The molecule has 1 aromatic carbocycles. The molecule has 130 valence electrons. The van der Waals surface area contributed by atoms with Crippen LogP contribution in [0.3, 0.4) is 0 Å². The number of hydrogen-bond donors (Lipinski definition) is 2. The first-order chi connectivity index (χ1) is 11.3. The van der Waals surface area contributed by atoms with Crippen molar-refractivity contribution in [1.82, 2.24) is 15.6 Å². The van der Waals surface area contributed by atoms with Crippen molar-refractivity contribution in [2.45, 2.75) is 19.4 Å². The summed E-state index contributed by atoms with van der Waals surface area (Å²) in [5, 5.41) is 6.62. The molecule has 0 saturated heterocycles. The molecule has 2 N–H and O–H groups in total. The summed E-state index contributed by atoms with van der Waals surface area (Å²) in [6.45, 7) is 1.56. The predicted molar refractivity (Wildman–Crippen MR) is 109 cm³/mol. The number of nitrogens with zero attached hydrogens (tertiary/aromatic N) is 2. The van der Waals surface area contributed by atoms with Crippen molar-refractivity contribution in [1.29, 1.82) is 0 Å². The molecule has 0 amide bonds. The molecule has 0 unspecified atom stereocenters. The summed E-state index contributed by atoms with van der Waals surface area (Å²) in [5.74, 6) is 1.42. The Labute approximate surface area is 161 Å². The van der Waals surface area contributed by atoms with Gasteiger partial charge in [0.05, 0.1) is 7.11 Å². The molecule has 2 rings (SSSR count). The van der Waals surface area contributed by atoms with Gasteiger partial charge in [0.1, 0.15) is 0 Å². The van der Waals surface area contributed by atoms with Crippen LogP contribution in [0.25, 0.3) is 0 Å². The molecule has 1 aromatic heterocycles. The van der Waals surface area contributed by atoms with Crippen LogP contribution in [0.1, 0.15) is 17.5 Å². The third kappa shape index (κ3) is 7.16. The van der Waals surface area contributed by atoms with Gasteiger partial charge in [-0.3, -0.25) is 4.99 Å². The van der Waals surface area contributed by atoms with Crippen molar-refractivity contribution in [2.24, 2.45) is 4.99 Å². The first kappa shape index (κ1) is 20.2. The SMILES string of the molecule is CN=C(NCCCc1ccccc1)NCc1ccnc(OC)c1.I. The standard InChI is InChI=1S/C18H24N4O.HI/c1-19-18(21-11-6-9-15-7-4-3-5-8-15)22-14-16-10-12-20-17(13-16)23-2;/h3-5,7-8,10,12-13H,6,9,11,14H2,1-2H3,(H2,19,21,22);1H. The average Bonchev–Trinajstić information content (AvgIpc) is 2.62. The number of ether oxygens (including phenoxy) is 1. The Kier molecular flexibility index (Phi) is 9.83. The summed E-state index contributed by atoms with van der Waals surface area (Å²) in [5.41, 5.74) is 2.46. The van der Waals surface area contributed by atoms with Gasteiger partial charge in [-0.1, -0.05) is 30.3 Å². The van der Waals surface area contributed by atoms with Crippen LogP contribution in [0.4, 0.5) is 0 Å². The van der Waals surface area contributed by atoms with Crippen molar-refractivity contribution in [3.05, 3.63) is 59.8 Å². The molecule has 2 aromatic rings. The van der Waals surface area contributed by atoms with Gasteiger partial charge in [-0.25, -0.2) is 4.98 Å². The van der Waals surface area contributed by atoms with Crippen LogP contribution < -0.4 is 15.4 Å². The fourth-order valence-electron chi connectivity index (χ4n) is 2.22. The number of guanidine groups is 1. The van der Waals surface area contributed by atoms with E-state index in [2.05, 4.69) is 44.9 Å². The highest BCUT2D eigenvalue weighted by molar-refractivity contribution is 14.0. The molecular formula is C18H25IN4O. The van der Waals surface area contributed by atoms with E-state index in [1.807, 2.05) is 18.2 Å². The van der Waals surface area contributed by atoms with E-state index in [0.717, 1.165) is 30.9 Å². The lowest BCUT2D eigenvalue weighted by atomic mass is 10.1. The quantitative estimate of drug-likeness (QED) is 0.301. The molecular weight excluding hydrogens is 415 g/mol. The zero-order chi connectivity index (χ0) is 16.3. The third-order valence-corrected chi connectivity index (χ3v) is 3.47. The fourth-order valence-corrected chi connectivity index (χ4v) is 2.22. The van der Waals surface area contributed by atoms with Gasteiger partial charge in [-0.05, 0) is 30.0 Å². The third-order valence-electron chi connectivity index (χ3n) is 3.47. The summed E-state index contributed by atoms with van der Waals surface area (Å²) < 4.78 is 5.12. The Morgan fingerprint density at radius 3 is 2.62 bits per heavy atom. The van der Waals surface area contributed by atoms with Crippen molar-refractivity contribution in [2.75, 3.05) is 20.7 Å². The summed E-state index contributed by atoms with van der Waals surface area (Å²) in [4.78, 5) is 8.34. The molecule has 0 aliphatic carbocycles. The molecule has 24 heavy (non-hydrogen) atoms. The van der Waals surface area contributed by atoms with Crippen molar-refractivity contribution in [3.63, 3.8) is 0 Å². The topological polar surface area (TPSA) is 58.5 Å². The Hall–Kier alpha value is -1.83. The van der Waals surface area contributed by atoms with E-state index in [1.54, 1.807) is 20.4 Å². The number of nitrogens with one attached hydrogen (secondary N) is 2. The minimum Gasteiger partial charge on any atom is -0.481 e. The number of aromatic nitrogens is 1. The molecule has 0 bridgehead atoms. The molecule has 0 aliphatic heterocycles. The maximum atomic E-state index is 5.12. The van der Waals surface area contributed by atoms with Crippen LogP contribution in [0, 0.1) is 0 Å². The largest absolute Gasteiger partial charge is 0.481 e. The highest BCUT2D eigenvalue weighted by Gasteiger charge is 2.00. The molecule has 0 radical (unpaired) electrons. The number of rotatable bonds is 7. The smallest absolute Gasteiger partial charge is 0.213 e. The molecule has 5 nitrogen and oxygen atoms in total. The Morgan fingerprint density at radius 1 is 1.12 bits per heavy atom. The number of hydrogen-bond acceptors (Lipinski definition) is 3. The van der Waals surface area contributed by atoms with E-state index in [4.69, 9.17) is 4.74 Å². The number of aliphatic imine (C=N–C) groups is 1. The second-order valence-electron chi connectivity index (χ2n) is 5.15. The Morgan fingerprint density at radius 2 is 1.92 bits per heavy atom. The number of aryl methyl sites for hydroxylation is 1. The highest BCUT2D eigenvalue weighted by atomic mass is 127. The molecule has 0 saturated carbocycles. The molecule has 0 fully saturated rings. The fraction of sp³-hybridized carbons (Fsp3) is 0.333. The molecule has 0 spiro atoms. The lowest BCUT2D eigenvalue weighted by Crippen LogP contribution is -2.37. The van der Waals surface area contributed by atoms with Crippen LogP contribution >= 0.6 is 24.0 Å². The zero-order valence-corrected chi connectivity index (χ0v) is 16.5. The molecule has 1 heterocycles. The number of pyridine rings is 1. The Balaban J connectivity index is 0.00000288. The summed E-state index contributed by atoms with van der Waals surface area (Å²) in [6.07, 6.45) is 3.87. The second-order valence-corrected chi connectivity index (χ2v) is 5.15. The van der Waals surface area contributed by atoms with Gasteiger partial charge in [0, 0.05) is 32.4 Å². The summed E-state index contributed by atoms with van der Waals surface area (Å²) in [6, 6.07) is 14.4. The molecule has 6 heteroatoms. The predicted octanol–water partition coefficient (Wildman–Crippen LogP) is 3.01. The van der Waals surface area contributed by atoms with Gasteiger partial charge in [0.25, 0.3) is 0 Å². The molecule has 0 aliphatic rings. The van der Waals surface area contributed by atoms with Crippen LogP contribution in [0.5, 0.6) is 5.88 Å². The first-order valence-electron chi connectivity index (χ1n) is 7.79. The first-order valence-corrected chi connectivity index (χ1v) is 7.79. The van der Waals surface area contributed by atoms with Crippen LogP contribution in [-0.4, -0.2) is 31.6 Å². The van der Waals surface area contributed by atoms with E-state index < -0.39 is 0 Å². The van der Waals surface area contributed by atoms with E-state index in [9.17, 15) is 0 Å². The minimum absolute atomic E-state index is 0. The van der Waals surface area contributed by atoms with Gasteiger partial charge in [0.2, 0.25) is 5.88 Å². The van der Waals surface area contributed by atoms with Crippen molar-refractivity contribution < 1.29 is 4.74 Å². The van der Waals surface area contributed by atoms with Crippen LogP contribution in [0.2, 0.25) is 0 Å². The lowest BCUT2D eigenvalue weighted by molar-refractivity contribution is 0.397. The van der Waals surface area contributed by atoms with Gasteiger partial charge < -0.3 is 15.4 Å².